The smallest absolute Gasteiger partial charge is 0.119 e. The van der Waals surface area contributed by atoms with Crippen molar-refractivity contribution >= 4 is 15.9 Å². The van der Waals surface area contributed by atoms with E-state index in [2.05, 4.69) is 78.3 Å². The number of benzene rings is 2. The minimum Gasteiger partial charge on any atom is -0.491 e. The van der Waals surface area contributed by atoms with Crippen LogP contribution in [0.15, 0.2) is 54.6 Å². The topological polar surface area (TPSA) is 9.23 Å². The molecule has 0 aromatic heterocycles. The minimum absolute atomic E-state index is 0.221. The molecule has 0 amide bonds. The SMILES string of the molecule is CC(C)Oc1cccc(CCC(Br)c2ccccc2)c1. The van der Waals surface area contributed by atoms with E-state index >= 15 is 0 Å². The third kappa shape index (κ3) is 4.68. The molecule has 2 rings (SSSR count). The lowest BCUT2D eigenvalue weighted by molar-refractivity contribution is 0.242. The van der Waals surface area contributed by atoms with Crippen LogP contribution in [0, 0.1) is 0 Å². The molecule has 0 aliphatic heterocycles. The molecule has 0 fully saturated rings. The lowest BCUT2D eigenvalue weighted by atomic mass is 10.0. The van der Waals surface area contributed by atoms with Crippen LogP contribution >= 0.6 is 15.9 Å². The van der Waals surface area contributed by atoms with Crippen LogP contribution in [-0.4, -0.2) is 6.10 Å². The van der Waals surface area contributed by atoms with Crippen LogP contribution in [0.1, 0.15) is 36.2 Å². The van der Waals surface area contributed by atoms with Crippen molar-refractivity contribution in [1.29, 1.82) is 0 Å². The van der Waals surface area contributed by atoms with E-state index in [1.807, 2.05) is 6.07 Å². The lowest BCUT2D eigenvalue weighted by Gasteiger charge is -2.12. The summed E-state index contributed by atoms with van der Waals surface area (Å²) in [5, 5.41) is 0. The molecule has 2 aromatic carbocycles. The van der Waals surface area contributed by atoms with Crippen LogP contribution in [0.4, 0.5) is 0 Å². The maximum Gasteiger partial charge on any atom is 0.119 e. The number of hydrogen-bond acceptors (Lipinski definition) is 1. The van der Waals surface area contributed by atoms with Crippen LogP contribution in [0.25, 0.3) is 0 Å². The molecule has 0 saturated carbocycles. The summed E-state index contributed by atoms with van der Waals surface area (Å²) < 4.78 is 5.73. The Morgan fingerprint density at radius 3 is 2.45 bits per heavy atom. The van der Waals surface area contributed by atoms with Crippen molar-refractivity contribution < 1.29 is 4.74 Å². The first-order chi connectivity index (χ1) is 9.65. The summed E-state index contributed by atoms with van der Waals surface area (Å²) in [6.07, 6.45) is 2.34. The van der Waals surface area contributed by atoms with Gasteiger partial charge in [-0.2, -0.15) is 0 Å². The van der Waals surface area contributed by atoms with Gasteiger partial charge in [-0.15, -0.1) is 0 Å². The molecule has 1 atom stereocenters. The van der Waals surface area contributed by atoms with E-state index in [0.717, 1.165) is 18.6 Å². The number of alkyl halides is 1. The highest BCUT2D eigenvalue weighted by Gasteiger charge is 2.07. The molecule has 1 nitrogen and oxygen atoms in total. The van der Waals surface area contributed by atoms with Crippen molar-refractivity contribution in [3.05, 3.63) is 65.7 Å². The summed E-state index contributed by atoms with van der Waals surface area (Å²) in [4.78, 5) is 0.401. The molecule has 2 heteroatoms. The summed E-state index contributed by atoms with van der Waals surface area (Å²) in [6.45, 7) is 4.10. The van der Waals surface area contributed by atoms with Crippen molar-refractivity contribution in [2.45, 2.75) is 37.6 Å². The van der Waals surface area contributed by atoms with Crippen LogP contribution in [0.3, 0.4) is 0 Å². The Kier molecular flexibility index (Phi) is 5.66. The average molecular weight is 333 g/mol. The van der Waals surface area contributed by atoms with Gasteiger partial charge in [-0.3, -0.25) is 0 Å². The highest BCUT2D eigenvalue weighted by molar-refractivity contribution is 9.09. The molecule has 0 N–H and O–H groups in total. The van der Waals surface area contributed by atoms with E-state index in [0.29, 0.717) is 4.83 Å². The van der Waals surface area contributed by atoms with Crippen LogP contribution in [-0.2, 0) is 6.42 Å². The first kappa shape index (κ1) is 15.1. The number of ether oxygens (including phenoxy) is 1. The van der Waals surface area contributed by atoms with Crippen LogP contribution < -0.4 is 4.74 Å². The molecular weight excluding hydrogens is 312 g/mol. The Labute approximate surface area is 130 Å². The van der Waals surface area contributed by atoms with Crippen molar-refractivity contribution in [2.75, 3.05) is 0 Å². The van der Waals surface area contributed by atoms with E-state index in [9.17, 15) is 0 Å². The number of hydrogen-bond donors (Lipinski definition) is 0. The zero-order valence-corrected chi connectivity index (χ0v) is 13.6. The zero-order chi connectivity index (χ0) is 14.4. The zero-order valence-electron chi connectivity index (χ0n) is 12.1. The van der Waals surface area contributed by atoms with Crippen molar-refractivity contribution in [2.24, 2.45) is 0 Å². The molecule has 0 bridgehead atoms. The molecule has 2 aromatic rings. The quantitative estimate of drug-likeness (QED) is 0.631. The molecule has 20 heavy (non-hydrogen) atoms. The summed E-state index contributed by atoms with van der Waals surface area (Å²) in [6, 6.07) is 18.9. The van der Waals surface area contributed by atoms with E-state index in [4.69, 9.17) is 4.74 Å². The Bertz CT molecular complexity index is 522. The first-order valence-corrected chi connectivity index (χ1v) is 8.01. The van der Waals surface area contributed by atoms with E-state index in [1.165, 1.54) is 11.1 Å². The van der Waals surface area contributed by atoms with Gasteiger partial charge in [0.15, 0.2) is 0 Å². The van der Waals surface area contributed by atoms with Crippen molar-refractivity contribution in [1.82, 2.24) is 0 Å². The number of halogens is 1. The van der Waals surface area contributed by atoms with Gasteiger partial charge in [0.2, 0.25) is 0 Å². The molecular formula is C18H21BrO. The maximum atomic E-state index is 5.73. The second-order valence-electron chi connectivity index (χ2n) is 5.23. The Morgan fingerprint density at radius 2 is 1.75 bits per heavy atom. The van der Waals surface area contributed by atoms with E-state index < -0.39 is 0 Å². The fraction of sp³-hybridized carbons (Fsp3) is 0.333. The molecule has 0 heterocycles. The van der Waals surface area contributed by atoms with Gasteiger partial charge < -0.3 is 4.74 Å². The third-order valence-electron chi connectivity index (χ3n) is 3.12. The molecule has 106 valence electrons. The fourth-order valence-corrected chi connectivity index (χ4v) is 2.70. The van der Waals surface area contributed by atoms with Gasteiger partial charge in [-0.1, -0.05) is 58.4 Å². The van der Waals surface area contributed by atoms with Gasteiger partial charge in [0.25, 0.3) is 0 Å². The predicted molar refractivity (Wildman–Crippen MR) is 88.6 cm³/mol. The maximum absolute atomic E-state index is 5.73. The first-order valence-electron chi connectivity index (χ1n) is 7.10. The fourth-order valence-electron chi connectivity index (χ4n) is 2.17. The predicted octanol–water partition coefficient (Wildman–Crippen LogP) is 5.54. The Morgan fingerprint density at radius 1 is 1.00 bits per heavy atom. The molecule has 1 unspecified atom stereocenters. The van der Waals surface area contributed by atoms with Gasteiger partial charge >= 0.3 is 0 Å². The summed E-state index contributed by atoms with van der Waals surface area (Å²) in [5.41, 5.74) is 2.66. The summed E-state index contributed by atoms with van der Waals surface area (Å²) in [5.74, 6) is 0.961. The van der Waals surface area contributed by atoms with Crippen LogP contribution in [0.5, 0.6) is 5.75 Å². The van der Waals surface area contributed by atoms with Gasteiger partial charge in [0, 0.05) is 4.83 Å². The van der Waals surface area contributed by atoms with Crippen molar-refractivity contribution in [3.63, 3.8) is 0 Å². The Balaban J connectivity index is 1.94. The summed E-state index contributed by atoms with van der Waals surface area (Å²) >= 11 is 3.77. The normalized spacial score (nSPS) is 12.4. The molecule has 0 aliphatic carbocycles. The monoisotopic (exact) mass is 332 g/mol. The minimum atomic E-state index is 0.221. The average Bonchev–Trinajstić information content (AvgIpc) is 2.45. The van der Waals surface area contributed by atoms with Gasteiger partial charge in [0.1, 0.15) is 5.75 Å². The second kappa shape index (κ2) is 7.49. The second-order valence-corrected chi connectivity index (χ2v) is 6.34. The van der Waals surface area contributed by atoms with Gasteiger partial charge in [-0.05, 0) is 49.9 Å². The highest BCUT2D eigenvalue weighted by Crippen LogP contribution is 2.28. The Hall–Kier alpha value is -1.28. The molecule has 0 saturated heterocycles. The van der Waals surface area contributed by atoms with Crippen molar-refractivity contribution in [3.8, 4) is 5.75 Å². The van der Waals surface area contributed by atoms with Gasteiger partial charge in [0.05, 0.1) is 6.10 Å². The molecule has 0 radical (unpaired) electrons. The number of rotatable bonds is 6. The van der Waals surface area contributed by atoms with E-state index in [1.54, 1.807) is 0 Å². The number of aryl methyl sites for hydroxylation is 1. The lowest BCUT2D eigenvalue weighted by Crippen LogP contribution is -2.05. The van der Waals surface area contributed by atoms with Crippen LogP contribution in [0.2, 0.25) is 0 Å². The molecule has 0 spiro atoms. The summed E-state index contributed by atoms with van der Waals surface area (Å²) in [7, 11) is 0. The molecule has 0 aliphatic rings. The third-order valence-corrected chi connectivity index (χ3v) is 4.10. The standard InChI is InChI=1S/C18H21BrO/c1-14(2)20-17-10-6-7-15(13-17)11-12-18(19)16-8-4-3-5-9-16/h3-10,13-14,18H,11-12H2,1-2H3. The van der Waals surface area contributed by atoms with Gasteiger partial charge in [-0.25, -0.2) is 0 Å². The highest BCUT2D eigenvalue weighted by atomic mass is 79.9. The largest absolute Gasteiger partial charge is 0.491 e. The van der Waals surface area contributed by atoms with E-state index in [-0.39, 0.29) is 6.10 Å².